The van der Waals surface area contributed by atoms with Crippen LogP contribution in [0.2, 0.25) is 0 Å². The van der Waals surface area contributed by atoms with E-state index in [2.05, 4.69) is 5.32 Å². The van der Waals surface area contributed by atoms with Crippen LogP contribution in [0.3, 0.4) is 0 Å². The van der Waals surface area contributed by atoms with Crippen LogP contribution in [0, 0.1) is 0 Å². The largest absolute Gasteiger partial charge is 0.454 e. The van der Waals surface area contributed by atoms with Crippen molar-refractivity contribution in [3.63, 3.8) is 0 Å². The van der Waals surface area contributed by atoms with Crippen LogP contribution >= 0.6 is 0 Å². The third kappa shape index (κ3) is 2.71. The van der Waals surface area contributed by atoms with Crippen molar-refractivity contribution in [2.24, 2.45) is 5.14 Å². The van der Waals surface area contributed by atoms with Gasteiger partial charge in [0.05, 0.1) is 16.3 Å². The number of nitrogen functional groups attached to an aromatic ring is 1. The van der Waals surface area contributed by atoms with Crippen molar-refractivity contribution in [1.29, 1.82) is 0 Å². The van der Waals surface area contributed by atoms with Gasteiger partial charge in [0.2, 0.25) is 16.8 Å². The molecule has 0 bridgehead atoms. The minimum Gasteiger partial charge on any atom is -0.454 e. The quantitative estimate of drug-likeness (QED) is 0.738. The first-order chi connectivity index (χ1) is 9.93. The molecule has 0 aliphatic carbocycles. The lowest BCUT2D eigenvalue weighted by atomic mass is 10.2. The summed E-state index contributed by atoms with van der Waals surface area (Å²) in [4.78, 5) is -0.0313. The fraction of sp³-hybridized carbons (Fsp3) is 0.0769. The van der Waals surface area contributed by atoms with Crippen LogP contribution in [-0.2, 0) is 10.0 Å². The molecule has 2 aromatic carbocycles. The maximum atomic E-state index is 11.3. The highest BCUT2D eigenvalue weighted by atomic mass is 32.2. The Hall–Kier alpha value is -2.45. The third-order valence-corrected chi connectivity index (χ3v) is 3.91. The maximum absolute atomic E-state index is 11.3. The molecule has 7 nitrogen and oxygen atoms in total. The molecule has 110 valence electrons. The zero-order chi connectivity index (χ0) is 15.0. The predicted molar refractivity (Wildman–Crippen MR) is 78.1 cm³/mol. The van der Waals surface area contributed by atoms with E-state index >= 15 is 0 Å². The first-order valence-corrected chi connectivity index (χ1v) is 7.57. The molecule has 8 heteroatoms. The summed E-state index contributed by atoms with van der Waals surface area (Å²) in [6, 6.07) is 9.61. The first kappa shape index (κ1) is 13.5. The number of fused-ring (bicyclic) bond motifs is 1. The molecule has 0 unspecified atom stereocenters. The smallest absolute Gasteiger partial charge is 0.238 e. The lowest BCUT2D eigenvalue weighted by Crippen LogP contribution is -2.12. The molecule has 0 aromatic heterocycles. The van der Waals surface area contributed by atoms with Crippen molar-refractivity contribution in [2.45, 2.75) is 4.90 Å². The van der Waals surface area contributed by atoms with Crippen LogP contribution in [0.4, 0.5) is 17.1 Å². The summed E-state index contributed by atoms with van der Waals surface area (Å²) in [5.41, 5.74) is 7.43. The molecule has 1 aliphatic rings. The molecule has 0 amide bonds. The Morgan fingerprint density at radius 1 is 1.05 bits per heavy atom. The van der Waals surface area contributed by atoms with Crippen LogP contribution in [0.5, 0.6) is 11.5 Å². The molecule has 0 fully saturated rings. The van der Waals surface area contributed by atoms with Crippen LogP contribution < -0.4 is 25.7 Å². The molecule has 1 aliphatic heterocycles. The average molecular weight is 307 g/mol. The predicted octanol–water partition coefficient (Wildman–Crippen LogP) is 1.39. The standard InChI is InChI=1S/C13H13N3O4S/c14-10-6-9(21(15,17)18)2-3-11(10)16-8-1-4-12-13(5-8)20-7-19-12/h1-6,16H,7,14H2,(H2,15,17,18). The monoisotopic (exact) mass is 307 g/mol. The zero-order valence-electron chi connectivity index (χ0n) is 10.9. The number of hydrogen-bond acceptors (Lipinski definition) is 6. The van der Waals surface area contributed by atoms with Gasteiger partial charge in [0.1, 0.15) is 0 Å². The number of nitrogens with one attached hydrogen (secondary N) is 1. The maximum Gasteiger partial charge on any atom is 0.238 e. The van der Waals surface area contributed by atoms with Crippen LogP contribution in [0.25, 0.3) is 0 Å². The summed E-state index contributed by atoms with van der Waals surface area (Å²) in [5, 5.41) is 8.14. The minimum absolute atomic E-state index is 0.0313. The lowest BCUT2D eigenvalue weighted by Gasteiger charge is -2.11. The number of benzene rings is 2. The van der Waals surface area contributed by atoms with Crippen molar-refractivity contribution in [3.8, 4) is 11.5 Å². The second-order valence-electron chi connectivity index (χ2n) is 4.49. The highest BCUT2D eigenvalue weighted by Crippen LogP contribution is 2.35. The van der Waals surface area contributed by atoms with E-state index < -0.39 is 10.0 Å². The molecule has 3 rings (SSSR count). The summed E-state index contributed by atoms with van der Waals surface area (Å²) in [7, 11) is -3.77. The molecular weight excluding hydrogens is 294 g/mol. The molecule has 0 spiro atoms. The summed E-state index contributed by atoms with van der Waals surface area (Å²) in [6.45, 7) is 0.198. The van der Waals surface area contributed by atoms with Crippen molar-refractivity contribution in [3.05, 3.63) is 36.4 Å². The van der Waals surface area contributed by atoms with Gasteiger partial charge < -0.3 is 20.5 Å². The second kappa shape index (κ2) is 4.83. The van der Waals surface area contributed by atoms with E-state index in [1.165, 1.54) is 12.1 Å². The number of ether oxygens (including phenoxy) is 2. The molecule has 2 aromatic rings. The van der Waals surface area contributed by atoms with Gasteiger partial charge in [-0.2, -0.15) is 0 Å². The topological polar surface area (TPSA) is 117 Å². The Labute approximate surface area is 121 Å². The van der Waals surface area contributed by atoms with Gasteiger partial charge in [0, 0.05) is 11.8 Å². The highest BCUT2D eigenvalue weighted by Gasteiger charge is 2.14. The zero-order valence-corrected chi connectivity index (χ0v) is 11.7. The summed E-state index contributed by atoms with van der Waals surface area (Å²) >= 11 is 0. The molecular formula is C13H13N3O4S. The summed E-state index contributed by atoms with van der Waals surface area (Å²) < 4.78 is 33.0. The Bertz CT molecular complexity index is 805. The van der Waals surface area contributed by atoms with E-state index in [1.54, 1.807) is 24.3 Å². The Morgan fingerprint density at radius 2 is 1.81 bits per heavy atom. The van der Waals surface area contributed by atoms with Gasteiger partial charge in [-0.1, -0.05) is 0 Å². The average Bonchev–Trinajstić information content (AvgIpc) is 2.87. The van der Waals surface area contributed by atoms with E-state index in [0.717, 1.165) is 5.69 Å². The fourth-order valence-electron chi connectivity index (χ4n) is 1.96. The summed E-state index contributed by atoms with van der Waals surface area (Å²) in [6.07, 6.45) is 0. The number of sulfonamides is 1. The van der Waals surface area contributed by atoms with E-state index in [9.17, 15) is 8.42 Å². The first-order valence-electron chi connectivity index (χ1n) is 6.02. The van der Waals surface area contributed by atoms with Gasteiger partial charge in [-0.25, -0.2) is 13.6 Å². The van der Waals surface area contributed by atoms with Gasteiger partial charge in [0.25, 0.3) is 0 Å². The Kier molecular flexibility index (Phi) is 3.11. The number of nitrogens with two attached hydrogens (primary N) is 2. The molecule has 1 heterocycles. The number of rotatable bonds is 3. The van der Waals surface area contributed by atoms with Crippen LogP contribution in [0.15, 0.2) is 41.3 Å². The van der Waals surface area contributed by atoms with Gasteiger partial charge in [-0.15, -0.1) is 0 Å². The van der Waals surface area contributed by atoms with Gasteiger partial charge in [-0.05, 0) is 30.3 Å². The second-order valence-corrected chi connectivity index (χ2v) is 6.05. The Morgan fingerprint density at radius 3 is 2.52 bits per heavy atom. The molecule has 0 saturated carbocycles. The van der Waals surface area contributed by atoms with E-state index in [-0.39, 0.29) is 17.4 Å². The Balaban J connectivity index is 1.88. The molecule has 0 saturated heterocycles. The minimum atomic E-state index is -3.77. The molecule has 21 heavy (non-hydrogen) atoms. The van der Waals surface area contributed by atoms with Crippen molar-refractivity contribution >= 4 is 27.1 Å². The van der Waals surface area contributed by atoms with Crippen molar-refractivity contribution in [2.75, 3.05) is 17.8 Å². The number of primary sulfonamides is 1. The van der Waals surface area contributed by atoms with Crippen molar-refractivity contribution < 1.29 is 17.9 Å². The van der Waals surface area contributed by atoms with Gasteiger partial charge in [-0.3, -0.25) is 0 Å². The van der Waals surface area contributed by atoms with Gasteiger partial charge >= 0.3 is 0 Å². The van der Waals surface area contributed by atoms with E-state index in [0.29, 0.717) is 17.2 Å². The van der Waals surface area contributed by atoms with E-state index in [4.69, 9.17) is 20.3 Å². The van der Waals surface area contributed by atoms with Gasteiger partial charge in [0.15, 0.2) is 11.5 Å². The SMILES string of the molecule is Nc1cc(S(N)(=O)=O)ccc1Nc1ccc2c(c1)OCO2. The molecule has 0 atom stereocenters. The van der Waals surface area contributed by atoms with Crippen LogP contribution in [0.1, 0.15) is 0 Å². The number of hydrogen-bond donors (Lipinski definition) is 3. The molecule has 5 N–H and O–H groups in total. The highest BCUT2D eigenvalue weighted by molar-refractivity contribution is 7.89. The normalized spacial score (nSPS) is 13.2. The number of anilines is 3. The lowest BCUT2D eigenvalue weighted by molar-refractivity contribution is 0.174. The summed E-state index contributed by atoms with van der Waals surface area (Å²) in [5.74, 6) is 1.32. The molecule has 0 radical (unpaired) electrons. The van der Waals surface area contributed by atoms with E-state index in [1.807, 2.05) is 0 Å². The fourth-order valence-corrected chi connectivity index (χ4v) is 2.51. The van der Waals surface area contributed by atoms with Crippen molar-refractivity contribution in [1.82, 2.24) is 0 Å². The third-order valence-electron chi connectivity index (χ3n) is 3.00. The van der Waals surface area contributed by atoms with Crippen LogP contribution in [-0.4, -0.2) is 15.2 Å².